The molecule has 172 valence electrons. The monoisotopic (exact) mass is 508 g/mol. The third-order valence-corrected chi connectivity index (χ3v) is 5.91. The van der Waals surface area contributed by atoms with Crippen LogP contribution in [0, 0.1) is 0 Å². The molecular weight excluding hydrogens is 480 g/mol. The number of hydrogen-bond acceptors (Lipinski definition) is 3. The Morgan fingerprint density at radius 3 is 2.27 bits per heavy atom. The molecule has 0 fully saturated rings. The van der Waals surface area contributed by atoms with Crippen molar-refractivity contribution < 1.29 is 14.3 Å². The van der Waals surface area contributed by atoms with Crippen LogP contribution in [0.4, 0.5) is 11.4 Å². The Kier molecular flexibility index (Phi) is 9.07. The number of nitrogens with one attached hydrogen (secondary N) is 1. The van der Waals surface area contributed by atoms with Crippen molar-refractivity contribution in [1.29, 1.82) is 0 Å². The van der Waals surface area contributed by atoms with Crippen LogP contribution in [0.25, 0.3) is 0 Å². The minimum Gasteiger partial charge on any atom is -0.492 e. The Hall–Kier alpha value is -3.12. The summed E-state index contributed by atoms with van der Waals surface area (Å²) in [6.45, 7) is 2.84. The quantitative estimate of drug-likeness (QED) is 0.301. The van der Waals surface area contributed by atoms with E-state index in [1.807, 2.05) is 30.3 Å². The maximum atomic E-state index is 12.7. The Morgan fingerprint density at radius 1 is 0.909 bits per heavy atom. The number of nitrogens with zero attached hydrogens (tertiary/aromatic N) is 1. The number of ether oxygens (including phenoxy) is 1. The fourth-order valence-electron chi connectivity index (χ4n) is 3.33. The standard InChI is InChI=1S/C27H29BrN2O3/c1-3-4-5-9-18-33-25-17-14-21(19-24(25)28)26(31)29-22-15-12-20(13-16-22)27(32)30(2)23-10-7-6-8-11-23/h6-8,10-17,19H,3-5,9,18H2,1-2H3,(H,29,31). The van der Waals surface area contributed by atoms with Crippen molar-refractivity contribution in [2.75, 3.05) is 23.9 Å². The molecule has 0 spiro atoms. The van der Waals surface area contributed by atoms with E-state index in [9.17, 15) is 9.59 Å². The predicted molar refractivity (Wildman–Crippen MR) is 137 cm³/mol. The number of amides is 2. The highest BCUT2D eigenvalue weighted by molar-refractivity contribution is 9.10. The van der Waals surface area contributed by atoms with Gasteiger partial charge in [-0.1, -0.05) is 44.4 Å². The molecule has 0 heterocycles. The molecule has 0 bridgehead atoms. The third kappa shape index (κ3) is 6.93. The number of hydrogen-bond donors (Lipinski definition) is 1. The largest absolute Gasteiger partial charge is 0.492 e. The zero-order valence-corrected chi connectivity index (χ0v) is 20.6. The van der Waals surface area contributed by atoms with Gasteiger partial charge in [-0.15, -0.1) is 0 Å². The molecule has 2 amide bonds. The van der Waals surface area contributed by atoms with Gasteiger partial charge >= 0.3 is 0 Å². The van der Waals surface area contributed by atoms with E-state index in [2.05, 4.69) is 28.2 Å². The molecule has 0 aliphatic heterocycles. The summed E-state index contributed by atoms with van der Waals surface area (Å²) in [4.78, 5) is 27.0. The van der Waals surface area contributed by atoms with Crippen molar-refractivity contribution in [2.24, 2.45) is 0 Å². The van der Waals surface area contributed by atoms with E-state index in [0.29, 0.717) is 23.4 Å². The second kappa shape index (κ2) is 12.2. The topological polar surface area (TPSA) is 58.6 Å². The van der Waals surface area contributed by atoms with E-state index in [4.69, 9.17) is 4.74 Å². The van der Waals surface area contributed by atoms with Gasteiger partial charge in [0.15, 0.2) is 0 Å². The molecule has 0 aliphatic rings. The van der Waals surface area contributed by atoms with E-state index in [0.717, 1.165) is 28.8 Å². The maximum Gasteiger partial charge on any atom is 0.258 e. The molecule has 3 aromatic carbocycles. The lowest BCUT2D eigenvalue weighted by atomic mass is 10.1. The van der Waals surface area contributed by atoms with Gasteiger partial charge in [0.2, 0.25) is 0 Å². The molecule has 5 nitrogen and oxygen atoms in total. The maximum absolute atomic E-state index is 12.7. The molecule has 6 heteroatoms. The van der Waals surface area contributed by atoms with Gasteiger partial charge in [0.05, 0.1) is 11.1 Å². The van der Waals surface area contributed by atoms with Crippen molar-refractivity contribution in [3.63, 3.8) is 0 Å². The lowest BCUT2D eigenvalue weighted by molar-refractivity contribution is 0.0991. The molecule has 0 saturated carbocycles. The van der Waals surface area contributed by atoms with E-state index >= 15 is 0 Å². The SMILES string of the molecule is CCCCCCOc1ccc(C(=O)Nc2ccc(C(=O)N(C)c3ccccc3)cc2)cc1Br. The normalized spacial score (nSPS) is 10.5. The fourth-order valence-corrected chi connectivity index (χ4v) is 3.83. The molecule has 0 aliphatic carbocycles. The van der Waals surface area contributed by atoms with Crippen LogP contribution in [-0.2, 0) is 0 Å². The van der Waals surface area contributed by atoms with Crippen LogP contribution in [-0.4, -0.2) is 25.5 Å². The number of anilines is 2. The van der Waals surface area contributed by atoms with Crippen LogP contribution < -0.4 is 15.0 Å². The molecule has 33 heavy (non-hydrogen) atoms. The van der Waals surface area contributed by atoms with E-state index in [1.165, 1.54) is 12.8 Å². The van der Waals surface area contributed by atoms with Crippen LogP contribution in [0.3, 0.4) is 0 Å². The fraction of sp³-hybridized carbons (Fsp3) is 0.259. The summed E-state index contributed by atoms with van der Waals surface area (Å²) >= 11 is 3.49. The Bertz CT molecular complexity index is 1070. The van der Waals surface area contributed by atoms with E-state index < -0.39 is 0 Å². The summed E-state index contributed by atoms with van der Waals surface area (Å²) in [5, 5.41) is 2.87. The second-order valence-electron chi connectivity index (χ2n) is 7.79. The average Bonchev–Trinajstić information content (AvgIpc) is 2.84. The highest BCUT2D eigenvalue weighted by Crippen LogP contribution is 2.27. The molecule has 0 atom stereocenters. The van der Waals surface area contributed by atoms with Crippen LogP contribution in [0.5, 0.6) is 5.75 Å². The Labute approximate surface area is 203 Å². The lowest BCUT2D eigenvalue weighted by Crippen LogP contribution is -2.26. The number of unbranched alkanes of at least 4 members (excludes halogenated alkanes) is 3. The zero-order valence-electron chi connectivity index (χ0n) is 19.0. The second-order valence-corrected chi connectivity index (χ2v) is 8.64. The van der Waals surface area contributed by atoms with Gasteiger partial charge in [0, 0.05) is 29.5 Å². The first-order valence-electron chi connectivity index (χ1n) is 11.2. The first kappa shape index (κ1) is 24.5. The van der Waals surface area contributed by atoms with Gasteiger partial charge in [-0.05, 0) is 76.9 Å². The first-order chi connectivity index (χ1) is 16.0. The summed E-state index contributed by atoms with van der Waals surface area (Å²) in [7, 11) is 1.74. The summed E-state index contributed by atoms with van der Waals surface area (Å²) in [6, 6.07) is 21.6. The molecule has 3 aromatic rings. The lowest BCUT2D eigenvalue weighted by Gasteiger charge is -2.17. The summed E-state index contributed by atoms with van der Waals surface area (Å²) in [6.07, 6.45) is 4.57. The highest BCUT2D eigenvalue weighted by Gasteiger charge is 2.14. The van der Waals surface area contributed by atoms with Crippen LogP contribution in [0.2, 0.25) is 0 Å². The minimum absolute atomic E-state index is 0.117. The molecule has 3 rings (SSSR count). The number of carbonyl (C=O) groups is 2. The van der Waals surface area contributed by atoms with Gasteiger partial charge < -0.3 is 15.0 Å². The average molecular weight is 509 g/mol. The van der Waals surface area contributed by atoms with Crippen LogP contribution >= 0.6 is 15.9 Å². The van der Waals surface area contributed by atoms with Gasteiger partial charge in [0.25, 0.3) is 11.8 Å². The van der Waals surface area contributed by atoms with Crippen LogP contribution in [0.1, 0.15) is 53.3 Å². The van der Waals surface area contributed by atoms with Gasteiger partial charge in [0.1, 0.15) is 5.75 Å². The molecule has 1 N–H and O–H groups in total. The molecule has 0 unspecified atom stereocenters. The number of benzene rings is 3. The summed E-state index contributed by atoms with van der Waals surface area (Å²) in [5.41, 5.74) is 2.50. The van der Waals surface area contributed by atoms with Crippen LogP contribution in [0.15, 0.2) is 77.3 Å². The summed E-state index contributed by atoms with van der Waals surface area (Å²) in [5.74, 6) is 0.382. The zero-order chi connectivity index (χ0) is 23.6. The van der Waals surface area contributed by atoms with E-state index in [-0.39, 0.29) is 11.8 Å². The van der Waals surface area contributed by atoms with Crippen molar-refractivity contribution >= 4 is 39.1 Å². The first-order valence-corrected chi connectivity index (χ1v) is 12.0. The van der Waals surface area contributed by atoms with Crippen molar-refractivity contribution in [1.82, 2.24) is 0 Å². The van der Waals surface area contributed by atoms with Crippen molar-refractivity contribution in [3.05, 3.63) is 88.4 Å². The smallest absolute Gasteiger partial charge is 0.258 e. The number of halogens is 1. The molecule has 0 aromatic heterocycles. The Morgan fingerprint density at radius 2 is 1.61 bits per heavy atom. The highest BCUT2D eigenvalue weighted by atomic mass is 79.9. The summed E-state index contributed by atoms with van der Waals surface area (Å²) < 4.78 is 6.55. The molecular formula is C27H29BrN2O3. The predicted octanol–water partition coefficient (Wildman–Crippen LogP) is 6.94. The Balaban J connectivity index is 1.58. The van der Waals surface area contributed by atoms with Crippen molar-refractivity contribution in [3.8, 4) is 5.75 Å². The van der Waals surface area contributed by atoms with Gasteiger partial charge in [-0.25, -0.2) is 0 Å². The van der Waals surface area contributed by atoms with Gasteiger partial charge in [-0.2, -0.15) is 0 Å². The number of para-hydroxylation sites is 1. The van der Waals surface area contributed by atoms with Gasteiger partial charge in [-0.3, -0.25) is 9.59 Å². The number of rotatable bonds is 10. The molecule has 0 saturated heterocycles. The molecule has 0 radical (unpaired) electrons. The van der Waals surface area contributed by atoms with E-state index in [1.54, 1.807) is 54.4 Å². The number of carbonyl (C=O) groups excluding carboxylic acids is 2. The minimum atomic E-state index is -0.231. The third-order valence-electron chi connectivity index (χ3n) is 5.29. The van der Waals surface area contributed by atoms with Crippen molar-refractivity contribution in [2.45, 2.75) is 32.6 Å².